The van der Waals surface area contributed by atoms with E-state index in [-0.39, 0.29) is 13.0 Å². The van der Waals surface area contributed by atoms with E-state index in [1.54, 1.807) is 24.3 Å². The van der Waals surface area contributed by atoms with E-state index in [9.17, 15) is 13.2 Å². The Balaban J connectivity index is 2.06. The quantitative estimate of drug-likeness (QED) is 0.716. The monoisotopic (exact) mass is 375 g/mol. The van der Waals surface area contributed by atoms with Crippen LogP contribution < -0.4 is 9.46 Å². The topological polar surface area (TPSA) is 81.7 Å². The number of carbonyl (C=O) groups is 1. The first kappa shape index (κ1) is 19.5. The van der Waals surface area contributed by atoms with Crippen LogP contribution >= 0.6 is 0 Å². The number of methoxy groups -OCH3 is 1. The second-order valence-corrected chi connectivity index (χ2v) is 7.10. The lowest BCUT2D eigenvalue weighted by molar-refractivity contribution is -0.141. The zero-order valence-corrected chi connectivity index (χ0v) is 15.5. The van der Waals surface area contributed by atoms with Crippen LogP contribution in [0.3, 0.4) is 0 Å². The Labute approximate surface area is 153 Å². The van der Waals surface area contributed by atoms with Gasteiger partial charge in [-0.15, -0.1) is 0 Å². The predicted octanol–water partition coefficient (Wildman–Crippen LogP) is 3.35. The van der Waals surface area contributed by atoms with Gasteiger partial charge in [0, 0.05) is 0 Å². The molecule has 0 radical (unpaired) electrons. The lowest BCUT2D eigenvalue weighted by Crippen LogP contribution is -2.12. The van der Waals surface area contributed by atoms with E-state index in [1.165, 1.54) is 13.2 Å². The van der Waals surface area contributed by atoms with Crippen molar-refractivity contribution in [1.29, 1.82) is 0 Å². The van der Waals surface area contributed by atoms with Gasteiger partial charge in [0.05, 0.1) is 31.2 Å². The molecule has 7 heteroatoms. The average Bonchev–Trinajstić information content (AvgIpc) is 2.62. The van der Waals surface area contributed by atoms with Gasteiger partial charge >= 0.3 is 5.97 Å². The molecule has 0 aliphatic carbocycles. The summed E-state index contributed by atoms with van der Waals surface area (Å²) in [6, 6.07) is 14.1. The number of esters is 1. The van der Waals surface area contributed by atoms with E-state index >= 15 is 0 Å². The molecule has 26 heavy (non-hydrogen) atoms. The molecule has 6 nitrogen and oxygen atoms in total. The van der Waals surface area contributed by atoms with Crippen LogP contribution in [0.5, 0.6) is 5.75 Å². The number of benzene rings is 2. The van der Waals surface area contributed by atoms with E-state index in [1.807, 2.05) is 31.2 Å². The van der Waals surface area contributed by atoms with Crippen molar-refractivity contribution in [2.45, 2.75) is 13.3 Å². The molecule has 0 aliphatic heterocycles. The summed E-state index contributed by atoms with van der Waals surface area (Å²) < 4.78 is 37.1. The maximum absolute atomic E-state index is 12.3. The largest absolute Gasteiger partial charge is 0.491 e. The highest BCUT2D eigenvalue weighted by Gasteiger charge is 2.11. The van der Waals surface area contributed by atoms with E-state index < -0.39 is 16.0 Å². The summed E-state index contributed by atoms with van der Waals surface area (Å²) in [5.74, 6) is -0.0622. The highest BCUT2D eigenvalue weighted by Crippen LogP contribution is 2.25. The molecule has 2 aromatic rings. The van der Waals surface area contributed by atoms with Crippen LogP contribution in [0.15, 0.2) is 53.9 Å². The maximum Gasteiger partial charge on any atom is 0.308 e. The fraction of sp³-hybridized carbons (Fsp3) is 0.211. The van der Waals surface area contributed by atoms with E-state index in [0.717, 1.165) is 16.5 Å². The lowest BCUT2D eigenvalue weighted by Gasteiger charge is -2.12. The third-order valence-corrected chi connectivity index (χ3v) is 4.45. The van der Waals surface area contributed by atoms with Crippen LogP contribution in [-0.4, -0.2) is 28.1 Å². The van der Waals surface area contributed by atoms with Crippen LogP contribution in [0.2, 0.25) is 0 Å². The number of aryl methyl sites for hydroxylation is 1. The molecule has 2 rings (SSSR count). The van der Waals surface area contributed by atoms with Gasteiger partial charge in [0.2, 0.25) is 0 Å². The minimum Gasteiger partial charge on any atom is -0.491 e. The Hall–Kier alpha value is -2.80. The van der Waals surface area contributed by atoms with Crippen molar-refractivity contribution < 1.29 is 22.7 Å². The summed E-state index contributed by atoms with van der Waals surface area (Å²) in [5.41, 5.74) is 2.18. The summed E-state index contributed by atoms with van der Waals surface area (Å²) in [5, 5.41) is 1.10. The number of hydrogen-bond acceptors (Lipinski definition) is 5. The number of anilines is 1. The Morgan fingerprint density at radius 3 is 2.50 bits per heavy atom. The SMILES string of the molecule is COC(=O)CCOc1ccccc1NS(=O)(=O)/C=C/c1ccc(C)cc1. The fourth-order valence-corrected chi connectivity index (χ4v) is 2.94. The number of nitrogens with one attached hydrogen (secondary N) is 1. The van der Waals surface area contributed by atoms with Crippen LogP contribution in [0, 0.1) is 6.92 Å². The van der Waals surface area contributed by atoms with Crippen molar-refractivity contribution in [3.8, 4) is 5.75 Å². The molecule has 0 saturated heterocycles. The maximum atomic E-state index is 12.3. The van der Waals surface area contributed by atoms with Gasteiger partial charge in [0.25, 0.3) is 10.0 Å². The first-order valence-corrected chi connectivity index (χ1v) is 9.50. The molecule has 0 heterocycles. The molecule has 0 aromatic heterocycles. The normalized spacial score (nSPS) is 11.3. The molecular formula is C19H21NO5S. The van der Waals surface area contributed by atoms with E-state index in [4.69, 9.17) is 4.74 Å². The fourth-order valence-electron chi connectivity index (χ4n) is 2.06. The van der Waals surface area contributed by atoms with E-state index in [2.05, 4.69) is 9.46 Å². The van der Waals surface area contributed by atoms with Crippen molar-refractivity contribution in [2.75, 3.05) is 18.4 Å². The Morgan fingerprint density at radius 2 is 1.81 bits per heavy atom. The third-order valence-electron chi connectivity index (χ3n) is 3.45. The smallest absolute Gasteiger partial charge is 0.308 e. The number of carbonyl (C=O) groups excluding carboxylic acids is 1. The predicted molar refractivity (Wildman–Crippen MR) is 101 cm³/mol. The molecule has 0 unspecified atom stereocenters. The summed E-state index contributed by atoms with van der Waals surface area (Å²) >= 11 is 0. The molecule has 0 saturated carbocycles. The van der Waals surface area contributed by atoms with Gasteiger partial charge < -0.3 is 9.47 Å². The summed E-state index contributed by atoms with van der Waals surface area (Å²) in [6.45, 7) is 2.05. The van der Waals surface area contributed by atoms with E-state index in [0.29, 0.717) is 11.4 Å². The van der Waals surface area contributed by atoms with Crippen molar-refractivity contribution in [3.05, 3.63) is 65.1 Å². The summed E-state index contributed by atoms with van der Waals surface area (Å²) in [4.78, 5) is 11.1. The second kappa shape index (κ2) is 9.05. The van der Waals surface area contributed by atoms with Gasteiger partial charge in [-0.25, -0.2) is 8.42 Å². The van der Waals surface area contributed by atoms with Gasteiger partial charge in [-0.1, -0.05) is 42.0 Å². The number of rotatable bonds is 8. The van der Waals surface area contributed by atoms with Crippen LogP contribution in [0.25, 0.3) is 6.08 Å². The van der Waals surface area contributed by atoms with Crippen LogP contribution in [0.4, 0.5) is 5.69 Å². The minimum atomic E-state index is -3.71. The van der Waals surface area contributed by atoms with Crippen molar-refractivity contribution in [2.24, 2.45) is 0 Å². The van der Waals surface area contributed by atoms with Gasteiger partial charge in [-0.3, -0.25) is 9.52 Å². The number of ether oxygens (including phenoxy) is 2. The highest BCUT2D eigenvalue weighted by atomic mass is 32.2. The Kier molecular flexibility index (Phi) is 6.80. The zero-order chi connectivity index (χ0) is 19.0. The minimum absolute atomic E-state index is 0.0743. The molecule has 138 valence electrons. The number of sulfonamides is 1. The molecule has 2 aromatic carbocycles. The first-order valence-electron chi connectivity index (χ1n) is 7.96. The number of hydrogen-bond donors (Lipinski definition) is 1. The summed E-state index contributed by atoms with van der Waals surface area (Å²) in [6.07, 6.45) is 1.59. The second-order valence-electron chi connectivity index (χ2n) is 5.53. The average molecular weight is 375 g/mol. The Morgan fingerprint density at radius 1 is 1.12 bits per heavy atom. The van der Waals surface area contributed by atoms with Crippen LogP contribution in [-0.2, 0) is 19.6 Å². The van der Waals surface area contributed by atoms with Gasteiger partial charge in [0.15, 0.2) is 0 Å². The van der Waals surface area contributed by atoms with Gasteiger partial charge in [0.1, 0.15) is 5.75 Å². The third kappa shape index (κ3) is 6.25. The molecule has 0 aliphatic rings. The summed E-state index contributed by atoms with van der Waals surface area (Å²) in [7, 11) is -2.42. The molecule has 0 atom stereocenters. The molecule has 0 bridgehead atoms. The van der Waals surface area contributed by atoms with Gasteiger partial charge in [-0.2, -0.15) is 0 Å². The molecule has 0 amide bonds. The molecular weight excluding hydrogens is 354 g/mol. The number of para-hydroxylation sites is 2. The molecule has 1 N–H and O–H groups in total. The Bertz CT molecular complexity index is 873. The van der Waals surface area contributed by atoms with Crippen LogP contribution in [0.1, 0.15) is 17.5 Å². The standard InChI is InChI=1S/C19H21NO5S/c1-15-7-9-16(10-8-15)12-14-26(22,23)20-17-5-3-4-6-18(17)25-13-11-19(21)24-2/h3-10,12,14,20H,11,13H2,1-2H3/b14-12+. The van der Waals surface area contributed by atoms with Crippen molar-refractivity contribution >= 4 is 27.8 Å². The zero-order valence-electron chi connectivity index (χ0n) is 14.6. The molecule has 0 fully saturated rings. The van der Waals surface area contributed by atoms with Crippen molar-refractivity contribution in [1.82, 2.24) is 0 Å². The lowest BCUT2D eigenvalue weighted by atomic mass is 10.2. The van der Waals surface area contributed by atoms with Gasteiger partial charge in [-0.05, 0) is 30.7 Å². The highest BCUT2D eigenvalue weighted by molar-refractivity contribution is 7.95. The molecule has 0 spiro atoms. The first-order chi connectivity index (χ1) is 12.4. The van der Waals surface area contributed by atoms with Crippen molar-refractivity contribution in [3.63, 3.8) is 0 Å².